The molecule has 1 heterocycles. The number of hydrogen-bond donors (Lipinski definition) is 2. The van der Waals surface area contributed by atoms with E-state index in [1.165, 1.54) is 12.1 Å². The van der Waals surface area contributed by atoms with E-state index in [1.807, 2.05) is 43.3 Å². The molecule has 3 nitrogen and oxygen atoms in total. The third kappa shape index (κ3) is 4.14. The first-order valence-corrected chi connectivity index (χ1v) is 8.21. The lowest BCUT2D eigenvalue weighted by molar-refractivity contribution is -0.137. The summed E-state index contributed by atoms with van der Waals surface area (Å²) >= 11 is 0. The second-order valence-corrected chi connectivity index (χ2v) is 5.71. The summed E-state index contributed by atoms with van der Waals surface area (Å²) in [6.07, 6.45) is -2.61. The quantitative estimate of drug-likeness (QED) is 0.593. The van der Waals surface area contributed by atoms with Gasteiger partial charge in [0.25, 0.3) is 0 Å². The average molecular weight is 357 g/mol. The molecular formula is C20H18F3N3. The largest absolute Gasteiger partial charge is 0.416 e. The van der Waals surface area contributed by atoms with Gasteiger partial charge in [0.1, 0.15) is 5.82 Å². The molecule has 3 rings (SSSR count). The van der Waals surface area contributed by atoms with E-state index in [-0.39, 0.29) is 0 Å². The number of para-hydroxylation sites is 1. The minimum atomic E-state index is -4.34. The van der Waals surface area contributed by atoms with Crippen LogP contribution < -0.4 is 10.6 Å². The lowest BCUT2D eigenvalue weighted by Gasteiger charge is -2.14. The Morgan fingerprint density at radius 3 is 2.38 bits per heavy atom. The zero-order chi connectivity index (χ0) is 18.6. The summed E-state index contributed by atoms with van der Waals surface area (Å²) < 4.78 is 38.1. The second-order valence-electron chi connectivity index (χ2n) is 5.71. The standard InChI is InChI=1S/C20H18F3N3/c1-2-24-19-13-14(11-12-25-19)17-5-3-4-6-18(17)26-16-9-7-15(8-10-16)20(21,22)23/h3-13,26H,2H2,1H3,(H,24,25). The van der Waals surface area contributed by atoms with Gasteiger partial charge in [0.15, 0.2) is 0 Å². The Morgan fingerprint density at radius 2 is 1.69 bits per heavy atom. The zero-order valence-corrected chi connectivity index (χ0v) is 14.1. The smallest absolute Gasteiger partial charge is 0.370 e. The van der Waals surface area contributed by atoms with E-state index < -0.39 is 11.7 Å². The van der Waals surface area contributed by atoms with Crippen LogP contribution in [0.1, 0.15) is 12.5 Å². The maximum absolute atomic E-state index is 12.7. The summed E-state index contributed by atoms with van der Waals surface area (Å²) in [7, 11) is 0. The van der Waals surface area contributed by atoms with Gasteiger partial charge in [-0.15, -0.1) is 0 Å². The molecule has 0 atom stereocenters. The summed E-state index contributed by atoms with van der Waals surface area (Å²) in [5.41, 5.74) is 2.63. The number of hydrogen-bond acceptors (Lipinski definition) is 3. The van der Waals surface area contributed by atoms with E-state index in [0.717, 1.165) is 41.3 Å². The van der Waals surface area contributed by atoms with Crippen LogP contribution in [0.15, 0.2) is 66.9 Å². The van der Waals surface area contributed by atoms with Gasteiger partial charge in [0.2, 0.25) is 0 Å². The van der Waals surface area contributed by atoms with Crippen LogP contribution in [0.5, 0.6) is 0 Å². The molecule has 0 fully saturated rings. The highest BCUT2D eigenvalue weighted by Gasteiger charge is 2.29. The summed E-state index contributed by atoms with van der Waals surface area (Å²) in [6.45, 7) is 2.76. The Labute approximate surface area is 149 Å². The van der Waals surface area contributed by atoms with Gasteiger partial charge in [-0.05, 0) is 55.0 Å². The number of halogens is 3. The summed E-state index contributed by atoms with van der Waals surface area (Å²) in [6, 6.07) is 16.5. The van der Waals surface area contributed by atoms with Gasteiger partial charge in [-0.1, -0.05) is 18.2 Å². The molecule has 0 aliphatic rings. The molecule has 2 aromatic carbocycles. The van der Waals surface area contributed by atoms with Gasteiger partial charge in [0.05, 0.1) is 5.56 Å². The van der Waals surface area contributed by atoms with Crippen LogP contribution in [-0.2, 0) is 6.18 Å². The van der Waals surface area contributed by atoms with E-state index >= 15 is 0 Å². The van der Waals surface area contributed by atoms with Crippen molar-refractivity contribution >= 4 is 17.2 Å². The molecule has 6 heteroatoms. The third-order valence-electron chi connectivity index (χ3n) is 3.85. The van der Waals surface area contributed by atoms with E-state index in [0.29, 0.717) is 5.69 Å². The van der Waals surface area contributed by atoms with Gasteiger partial charge in [0, 0.05) is 29.7 Å². The van der Waals surface area contributed by atoms with Crippen LogP contribution in [0.3, 0.4) is 0 Å². The first-order valence-electron chi connectivity index (χ1n) is 8.21. The maximum Gasteiger partial charge on any atom is 0.416 e. The van der Waals surface area contributed by atoms with Gasteiger partial charge < -0.3 is 10.6 Å². The highest BCUT2D eigenvalue weighted by Crippen LogP contribution is 2.33. The highest BCUT2D eigenvalue weighted by atomic mass is 19.4. The van der Waals surface area contributed by atoms with Crippen molar-refractivity contribution in [1.29, 1.82) is 0 Å². The SMILES string of the molecule is CCNc1cc(-c2ccccc2Nc2ccc(C(F)(F)F)cc2)ccn1. The van der Waals surface area contributed by atoms with Crippen molar-refractivity contribution in [2.24, 2.45) is 0 Å². The maximum atomic E-state index is 12.7. The lowest BCUT2D eigenvalue weighted by atomic mass is 10.0. The predicted octanol–water partition coefficient (Wildman–Crippen LogP) is 5.94. The average Bonchev–Trinajstić information content (AvgIpc) is 2.62. The predicted molar refractivity (Wildman–Crippen MR) is 98.6 cm³/mol. The molecule has 0 bridgehead atoms. The fraction of sp³-hybridized carbons (Fsp3) is 0.150. The zero-order valence-electron chi connectivity index (χ0n) is 14.1. The van der Waals surface area contributed by atoms with Crippen LogP contribution in [0.2, 0.25) is 0 Å². The number of nitrogens with one attached hydrogen (secondary N) is 2. The molecule has 0 saturated carbocycles. The molecule has 0 amide bonds. The highest BCUT2D eigenvalue weighted by molar-refractivity contribution is 5.81. The Bertz CT molecular complexity index is 874. The van der Waals surface area contributed by atoms with E-state index in [4.69, 9.17) is 0 Å². The van der Waals surface area contributed by atoms with Crippen LogP contribution in [-0.4, -0.2) is 11.5 Å². The first-order chi connectivity index (χ1) is 12.5. The molecule has 0 aliphatic carbocycles. The van der Waals surface area contributed by atoms with Gasteiger partial charge in [-0.2, -0.15) is 13.2 Å². The van der Waals surface area contributed by atoms with E-state index in [1.54, 1.807) is 6.20 Å². The molecule has 0 aliphatic heterocycles. The van der Waals surface area contributed by atoms with E-state index in [9.17, 15) is 13.2 Å². The van der Waals surface area contributed by atoms with Gasteiger partial charge in [-0.25, -0.2) is 4.98 Å². The molecule has 0 saturated heterocycles. The Hall–Kier alpha value is -3.02. The van der Waals surface area contributed by atoms with Crippen molar-refractivity contribution in [3.63, 3.8) is 0 Å². The van der Waals surface area contributed by atoms with Crippen LogP contribution in [0, 0.1) is 0 Å². The normalized spacial score (nSPS) is 11.2. The summed E-state index contributed by atoms with van der Waals surface area (Å²) in [5, 5.41) is 6.36. The molecular weight excluding hydrogens is 339 g/mol. The van der Waals surface area contributed by atoms with Gasteiger partial charge >= 0.3 is 6.18 Å². The van der Waals surface area contributed by atoms with Crippen molar-refractivity contribution in [1.82, 2.24) is 4.98 Å². The molecule has 2 N–H and O–H groups in total. The molecule has 134 valence electrons. The Kier molecular flexibility index (Phi) is 5.11. The number of nitrogens with zero attached hydrogens (tertiary/aromatic N) is 1. The molecule has 0 unspecified atom stereocenters. The summed E-state index contributed by atoms with van der Waals surface area (Å²) in [4.78, 5) is 4.26. The lowest BCUT2D eigenvalue weighted by Crippen LogP contribution is -2.04. The third-order valence-corrected chi connectivity index (χ3v) is 3.85. The van der Waals surface area contributed by atoms with Crippen molar-refractivity contribution in [2.45, 2.75) is 13.1 Å². The molecule has 26 heavy (non-hydrogen) atoms. The molecule has 0 spiro atoms. The van der Waals surface area contributed by atoms with Crippen LogP contribution >= 0.6 is 0 Å². The van der Waals surface area contributed by atoms with E-state index in [2.05, 4.69) is 15.6 Å². The number of alkyl halides is 3. The fourth-order valence-corrected chi connectivity index (χ4v) is 2.62. The van der Waals surface area contributed by atoms with Crippen molar-refractivity contribution < 1.29 is 13.2 Å². The second kappa shape index (κ2) is 7.47. The first kappa shape index (κ1) is 17.8. The molecule has 3 aromatic rings. The van der Waals surface area contributed by atoms with Crippen molar-refractivity contribution in [3.8, 4) is 11.1 Å². The van der Waals surface area contributed by atoms with Crippen molar-refractivity contribution in [2.75, 3.05) is 17.2 Å². The van der Waals surface area contributed by atoms with Crippen LogP contribution in [0.4, 0.5) is 30.4 Å². The Morgan fingerprint density at radius 1 is 0.962 bits per heavy atom. The fourth-order valence-electron chi connectivity index (χ4n) is 2.62. The monoisotopic (exact) mass is 357 g/mol. The molecule has 0 radical (unpaired) electrons. The van der Waals surface area contributed by atoms with Gasteiger partial charge in [-0.3, -0.25) is 0 Å². The Balaban J connectivity index is 1.89. The number of rotatable bonds is 5. The minimum Gasteiger partial charge on any atom is -0.370 e. The summed E-state index contributed by atoms with van der Waals surface area (Å²) in [5.74, 6) is 0.773. The molecule has 1 aromatic heterocycles. The number of anilines is 3. The number of benzene rings is 2. The number of pyridine rings is 1. The van der Waals surface area contributed by atoms with Crippen molar-refractivity contribution in [3.05, 3.63) is 72.4 Å². The minimum absolute atomic E-state index is 0.589. The van der Waals surface area contributed by atoms with Crippen LogP contribution in [0.25, 0.3) is 11.1 Å². The topological polar surface area (TPSA) is 37.0 Å². The number of aromatic nitrogens is 1.